The van der Waals surface area contributed by atoms with E-state index in [2.05, 4.69) is 71.1 Å². The summed E-state index contributed by atoms with van der Waals surface area (Å²) in [4.78, 5) is 0. The van der Waals surface area contributed by atoms with Gasteiger partial charge in [0.15, 0.2) is 0 Å². The third kappa shape index (κ3) is 5.26. The molecule has 0 spiro atoms. The highest BCUT2D eigenvalue weighted by atomic mass is 16.5. The molecule has 0 radical (unpaired) electrons. The molecule has 1 N–H and O–H groups in total. The maximum absolute atomic E-state index is 5.44. The Morgan fingerprint density at radius 2 is 1.60 bits per heavy atom. The molecule has 0 heterocycles. The first kappa shape index (κ1) is 17.2. The Morgan fingerprint density at radius 1 is 1.05 bits per heavy atom. The molecule has 1 aromatic rings. The van der Waals surface area contributed by atoms with E-state index in [1.807, 2.05) is 0 Å². The lowest BCUT2D eigenvalue weighted by atomic mass is 9.86. The van der Waals surface area contributed by atoms with Crippen molar-refractivity contribution >= 4 is 0 Å². The predicted molar refractivity (Wildman–Crippen MR) is 87.3 cm³/mol. The Bertz CT molecular complexity index is 400. The molecule has 114 valence electrons. The third-order valence-electron chi connectivity index (χ3n) is 4.01. The van der Waals surface area contributed by atoms with E-state index in [1.165, 1.54) is 11.1 Å². The van der Waals surface area contributed by atoms with E-state index in [9.17, 15) is 0 Å². The quantitative estimate of drug-likeness (QED) is 0.829. The number of hydrogen-bond acceptors (Lipinski definition) is 2. The number of hydrogen-bond donors (Lipinski definition) is 1. The summed E-state index contributed by atoms with van der Waals surface area (Å²) in [5.41, 5.74) is 2.89. The zero-order valence-electron chi connectivity index (χ0n) is 14.2. The molecular formula is C18H31NO. The van der Waals surface area contributed by atoms with Gasteiger partial charge >= 0.3 is 0 Å². The molecule has 2 heteroatoms. The number of ether oxygens (including phenoxy) is 1. The molecule has 0 amide bonds. The van der Waals surface area contributed by atoms with Crippen LogP contribution >= 0.6 is 0 Å². The van der Waals surface area contributed by atoms with Gasteiger partial charge in [-0.2, -0.15) is 0 Å². The first-order valence-electron chi connectivity index (χ1n) is 7.55. The summed E-state index contributed by atoms with van der Waals surface area (Å²) >= 11 is 0. The van der Waals surface area contributed by atoms with Gasteiger partial charge in [-0.25, -0.2) is 0 Å². The van der Waals surface area contributed by atoms with Crippen molar-refractivity contribution in [3.05, 3.63) is 35.4 Å². The molecule has 0 aliphatic heterocycles. The Labute approximate surface area is 124 Å². The van der Waals surface area contributed by atoms with Crippen LogP contribution < -0.4 is 5.32 Å². The van der Waals surface area contributed by atoms with E-state index in [-0.39, 0.29) is 11.0 Å². The molecule has 2 nitrogen and oxygen atoms in total. The molecule has 1 aromatic carbocycles. The molecule has 0 aromatic heterocycles. The molecule has 0 saturated carbocycles. The minimum Gasteiger partial charge on any atom is -0.379 e. The van der Waals surface area contributed by atoms with Crippen LogP contribution in [0.15, 0.2) is 24.3 Å². The predicted octanol–water partition coefficient (Wildman–Crippen LogP) is 4.45. The second-order valence-corrected chi connectivity index (χ2v) is 7.26. The van der Waals surface area contributed by atoms with Crippen LogP contribution in [-0.4, -0.2) is 19.3 Å². The van der Waals surface area contributed by atoms with Crippen LogP contribution in [-0.2, 0) is 10.2 Å². The van der Waals surface area contributed by atoms with Gasteiger partial charge in [0.05, 0.1) is 5.60 Å². The zero-order valence-corrected chi connectivity index (χ0v) is 14.2. The van der Waals surface area contributed by atoms with Gasteiger partial charge in [-0.3, -0.25) is 0 Å². The fraction of sp³-hybridized carbons (Fsp3) is 0.667. The van der Waals surface area contributed by atoms with Crippen molar-refractivity contribution in [3.63, 3.8) is 0 Å². The van der Waals surface area contributed by atoms with Crippen molar-refractivity contribution in [1.29, 1.82) is 0 Å². The summed E-state index contributed by atoms with van der Waals surface area (Å²) in [5.74, 6) is 0. The summed E-state index contributed by atoms with van der Waals surface area (Å²) < 4.78 is 5.44. The van der Waals surface area contributed by atoms with Crippen LogP contribution in [0.2, 0.25) is 0 Å². The van der Waals surface area contributed by atoms with E-state index < -0.39 is 0 Å². The Morgan fingerprint density at radius 3 is 2.05 bits per heavy atom. The highest BCUT2D eigenvalue weighted by Gasteiger charge is 2.17. The highest BCUT2D eigenvalue weighted by molar-refractivity contribution is 5.28. The monoisotopic (exact) mass is 277 g/mol. The van der Waals surface area contributed by atoms with Crippen LogP contribution in [0.4, 0.5) is 0 Å². The summed E-state index contributed by atoms with van der Waals surface area (Å²) in [6.07, 6.45) is 1.01. The SMILES string of the molecule is COC(C)(C)CCNC(C)c1ccc(C(C)(C)C)cc1. The van der Waals surface area contributed by atoms with Crippen molar-refractivity contribution in [2.75, 3.05) is 13.7 Å². The number of methoxy groups -OCH3 is 1. The summed E-state index contributed by atoms with van der Waals surface area (Å²) in [6, 6.07) is 9.33. The summed E-state index contributed by atoms with van der Waals surface area (Å²) in [7, 11) is 1.77. The lowest BCUT2D eigenvalue weighted by Gasteiger charge is -2.24. The molecule has 0 saturated heterocycles. The van der Waals surface area contributed by atoms with Gasteiger partial charge in [0.2, 0.25) is 0 Å². The van der Waals surface area contributed by atoms with E-state index in [0.717, 1.165) is 13.0 Å². The first-order chi connectivity index (χ1) is 9.15. The van der Waals surface area contributed by atoms with E-state index in [4.69, 9.17) is 4.74 Å². The van der Waals surface area contributed by atoms with Crippen LogP contribution in [0.5, 0.6) is 0 Å². The maximum Gasteiger partial charge on any atom is 0.0634 e. The molecule has 0 bridgehead atoms. The van der Waals surface area contributed by atoms with E-state index >= 15 is 0 Å². The minimum absolute atomic E-state index is 0.0528. The Hall–Kier alpha value is -0.860. The zero-order chi connectivity index (χ0) is 15.4. The molecule has 0 fully saturated rings. The Kier molecular flexibility index (Phi) is 5.79. The average molecular weight is 277 g/mol. The number of benzene rings is 1. The number of rotatable bonds is 6. The lowest BCUT2D eigenvalue weighted by Crippen LogP contribution is -2.30. The van der Waals surface area contributed by atoms with Gasteiger partial charge in [0, 0.05) is 13.2 Å². The van der Waals surface area contributed by atoms with Crippen molar-refractivity contribution in [1.82, 2.24) is 5.32 Å². The largest absolute Gasteiger partial charge is 0.379 e. The van der Waals surface area contributed by atoms with Crippen LogP contribution in [0.3, 0.4) is 0 Å². The molecule has 1 atom stereocenters. The minimum atomic E-state index is -0.0528. The van der Waals surface area contributed by atoms with Gasteiger partial charge in [-0.05, 0) is 50.3 Å². The second-order valence-electron chi connectivity index (χ2n) is 7.26. The molecule has 1 rings (SSSR count). The molecule has 20 heavy (non-hydrogen) atoms. The molecule has 0 aliphatic carbocycles. The van der Waals surface area contributed by atoms with Crippen molar-refractivity contribution < 1.29 is 4.74 Å². The fourth-order valence-electron chi connectivity index (χ4n) is 2.08. The Balaban J connectivity index is 2.54. The van der Waals surface area contributed by atoms with Crippen LogP contribution in [0.25, 0.3) is 0 Å². The van der Waals surface area contributed by atoms with Crippen LogP contribution in [0, 0.1) is 0 Å². The van der Waals surface area contributed by atoms with Gasteiger partial charge in [-0.1, -0.05) is 45.0 Å². The first-order valence-corrected chi connectivity index (χ1v) is 7.55. The van der Waals surface area contributed by atoms with E-state index in [0.29, 0.717) is 6.04 Å². The van der Waals surface area contributed by atoms with Crippen molar-refractivity contribution in [2.45, 2.75) is 65.0 Å². The molecular weight excluding hydrogens is 246 g/mol. The van der Waals surface area contributed by atoms with Crippen LogP contribution in [0.1, 0.15) is 65.1 Å². The average Bonchev–Trinajstić information content (AvgIpc) is 2.37. The normalized spacial score (nSPS) is 14.3. The van der Waals surface area contributed by atoms with Crippen molar-refractivity contribution in [3.8, 4) is 0 Å². The fourth-order valence-corrected chi connectivity index (χ4v) is 2.08. The maximum atomic E-state index is 5.44. The summed E-state index contributed by atoms with van der Waals surface area (Å²) in [5, 5.41) is 3.57. The topological polar surface area (TPSA) is 21.3 Å². The van der Waals surface area contributed by atoms with Gasteiger partial charge in [0.1, 0.15) is 0 Å². The van der Waals surface area contributed by atoms with Gasteiger partial charge < -0.3 is 10.1 Å². The molecule has 1 unspecified atom stereocenters. The highest BCUT2D eigenvalue weighted by Crippen LogP contribution is 2.24. The third-order valence-corrected chi connectivity index (χ3v) is 4.01. The van der Waals surface area contributed by atoms with Crippen molar-refractivity contribution in [2.24, 2.45) is 0 Å². The standard InChI is InChI=1S/C18H31NO/c1-14(19-13-12-18(5,6)20-7)15-8-10-16(11-9-15)17(2,3)4/h8-11,14,19H,12-13H2,1-7H3. The van der Waals surface area contributed by atoms with E-state index in [1.54, 1.807) is 7.11 Å². The second kappa shape index (κ2) is 6.73. The lowest BCUT2D eigenvalue weighted by molar-refractivity contribution is 0.0154. The summed E-state index contributed by atoms with van der Waals surface area (Å²) in [6.45, 7) is 14.2. The smallest absolute Gasteiger partial charge is 0.0634 e. The number of nitrogens with one attached hydrogen (secondary N) is 1. The molecule has 0 aliphatic rings. The van der Waals surface area contributed by atoms with Gasteiger partial charge in [0.25, 0.3) is 0 Å². The van der Waals surface area contributed by atoms with Gasteiger partial charge in [-0.15, -0.1) is 0 Å².